The quantitative estimate of drug-likeness (QED) is 0.168. The zero-order valence-electron chi connectivity index (χ0n) is 26.3. The maximum atomic E-state index is 15.7. The molecule has 2 aliphatic rings. The molecule has 7 rings (SSSR count). The number of halogens is 4. The minimum atomic E-state index is -4.22. The molecule has 1 aliphatic carbocycles. The van der Waals surface area contributed by atoms with E-state index in [-0.39, 0.29) is 45.0 Å². The molecule has 2 aromatic heterocycles. The van der Waals surface area contributed by atoms with Crippen LogP contribution < -0.4 is 9.64 Å². The first-order valence-corrected chi connectivity index (χ1v) is 16.4. The van der Waals surface area contributed by atoms with Crippen LogP contribution in [0, 0.1) is 17.7 Å². The van der Waals surface area contributed by atoms with E-state index in [1.165, 1.54) is 6.07 Å². The van der Waals surface area contributed by atoms with Crippen molar-refractivity contribution in [1.29, 1.82) is 0 Å². The number of carboxylic acids is 1. The summed E-state index contributed by atoms with van der Waals surface area (Å²) in [7, 11) is 0. The van der Waals surface area contributed by atoms with E-state index >= 15 is 4.39 Å². The lowest BCUT2D eigenvalue weighted by atomic mass is 9.78. The lowest BCUT2D eigenvalue weighted by Gasteiger charge is -2.34. The van der Waals surface area contributed by atoms with Crippen LogP contribution in [-0.2, 0) is 17.9 Å². The molecule has 1 saturated carbocycles. The first-order chi connectivity index (χ1) is 23.1. The Morgan fingerprint density at radius 3 is 2.46 bits per heavy atom. The van der Waals surface area contributed by atoms with E-state index in [2.05, 4.69) is 4.98 Å². The zero-order chi connectivity index (χ0) is 33.4. The normalized spacial score (nSPS) is 19.2. The van der Waals surface area contributed by atoms with Crippen LogP contribution in [0.4, 0.5) is 23.2 Å². The topological polar surface area (TPSA) is 80.5 Å². The maximum absolute atomic E-state index is 15.7. The number of aliphatic carboxylic acids is 1. The number of anilines is 1. The SMILES string of the molecule is O=C(O)[C@@H]1CCCC[C@@H]1c1nc2cc(OCc3ccc4ccccc4n3)ccc2n1Cc1ccc(N2CCC(C(F)(F)F)CC2)cc1F. The van der Waals surface area contributed by atoms with Crippen LogP contribution in [-0.4, -0.2) is 44.9 Å². The van der Waals surface area contributed by atoms with E-state index < -0.39 is 29.8 Å². The monoisotopic (exact) mass is 660 g/mol. The van der Waals surface area contributed by atoms with Crippen molar-refractivity contribution < 1.29 is 32.2 Å². The maximum Gasteiger partial charge on any atom is 0.391 e. The van der Waals surface area contributed by atoms with Crippen molar-refractivity contribution in [2.45, 2.75) is 63.8 Å². The molecule has 250 valence electrons. The number of para-hydroxylation sites is 1. The molecule has 3 aromatic carbocycles. The van der Waals surface area contributed by atoms with Gasteiger partial charge in [0.05, 0.1) is 40.6 Å². The minimum Gasteiger partial charge on any atom is -0.487 e. The Balaban J connectivity index is 1.16. The average molecular weight is 661 g/mol. The van der Waals surface area contributed by atoms with Crippen molar-refractivity contribution in [2.24, 2.45) is 11.8 Å². The third-order valence-corrected chi connectivity index (χ3v) is 9.89. The molecule has 3 heterocycles. The number of ether oxygens (including phenoxy) is 1. The van der Waals surface area contributed by atoms with Gasteiger partial charge in [0.2, 0.25) is 0 Å². The first kappa shape index (κ1) is 31.9. The molecule has 48 heavy (non-hydrogen) atoms. The number of pyridine rings is 1. The molecule has 0 bridgehead atoms. The number of imidazole rings is 1. The summed E-state index contributed by atoms with van der Waals surface area (Å²) in [6, 6.07) is 22.1. The molecule has 11 heteroatoms. The highest BCUT2D eigenvalue weighted by Gasteiger charge is 2.41. The largest absolute Gasteiger partial charge is 0.487 e. The lowest BCUT2D eigenvalue weighted by molar-refractivity contribution is -0.179. The van der Waals surface area contributed by atoms with E-state index in [4.69, 9.17) is 9.72 Å². The van der Waals surface area contributed by atoms with Crippen molar-refractivity contribution in [3.05, 3.63) is 95.7 Å². The van der Waals surface area contributed by atoms with Gasteiger partial charge in [0.15, 0.2) is 0 Å². The third-order valence-electron chi connectivity index (χ3n) is 9.89. The number of rotatable bonds is 8. The molecular formula is C37H36F4N4O3. The van der Waals surface area contributed by atoms with Crippen LogP contribution in [0.5, 0.6) is 5.75 Å². The number of nitrogens with zero attached hydrogens (tertiary/aromatic N) is 4. The Labute approximate surface area is 275 Å². The van der Waals surface area contributed by atoms with Gasteiger partial charge in [-0.05, 0) is 62.1 Å². The van der Waals surface area contributed by atoms with Crippen molar-refractivity contribution in [1.82, 2.24) is 14.5 Å². The Morgan fingerprint density at radius 1 is 0.896 bits per heavy atom. The predicted octanol–water partition coefficient (Wildman–Crippen LogP) is 8.49. The number of alkyl halides is 3. The van der Waals surface area contributed by atoms with E-state index in [0.717, 1.165) is 35.0 Å². The summed E-state index contributed by atoms with van der Waals surface area (Å²) in [6.45, 7) is 0.787. The second kappa shape index (κ2) is 13.1. The molecule has 0 amide bonds. The fraction of sp³-hybridized carbons (Fsp3) is 0.378. The van der Waals surface area contributed by atoms with Gasteiger partial charge >= 0.3 is 12.1 Å². The van der Waals surface area contributed by atoms with Gasteiger partial charge in [0.25, 0.3) is 0 Å². The third kappa shape index (κ3) is 6.55. The van der Waals surface area contributed by atoms with Crippen LogP contribution in [0.3, 0.4) is 0 Å². The molecule has 1 saturated heterocycles. The van der Waals surface area contributed by atoms with Crippen LogP contribution >= 0.6 is 0 Å². The predicted molar refractivity (Wildman–Crippen MR) is 175 cm³/mol. The van der Waals surface area contributed by atoms with E-state index in [0.29, 0.717) is 41.2 Å². The minimum absolute atomic E-state index is 0.0200. The van der Waals surface area contributed by atoms with Crippen LogP contribution in [0.1, 0.15) is 61.5 Å². The van der Waals surface area contributed by atoms with E-state index in [1.807, 2.05) is 59.2 Å². The number of carboxylic acid groups (broad SMARTS) is 1. The number of benzene rings is 3. The second-order valence-electron chi connectivity index (χ2n) is 12.9. The molecule has 0 unspecified atom stereocenters. The summed E-state index contributed by atoms with van der Waals surface area (Å²) in [5, 5.41) is 11.1. The molecule has 2 fully saturated rings. The standard InChI is InChI=1S/C37H36F4N4O3/c38-31-19-27(44-17-15-25(16-18-44)37(39,40)41)12-10-24(31)21-45-34-14-13-28(48-22-26-11-9-23-5-1-4-8-32(23)42-26)20-33(34)43-35(45)29-6-2-3-7-30(29)36(46)47/h1,4-5,8-14,19-20,25,29-30H,2-3,6-7,15-18,21-22H2,(H,46,47)/t29-,30+/m0/s1. The first-order valence-electron chi connectivity index (χ1n) is 16.4. The average Bonchev–Trinajstić information content (AvgIpc) is 3.45. The Morgan fingerprint density at radius 2 is 1.69 bits per heavy atom. The van der Waals surface area contributed by atoms with E-state index in [1.54, 1.807) is 17.0 Å². The molecule has 1 aliphatic heterocycles. The fourth-order valence-electron chi connectivity index (χ4n) is 7.25. The molecule has 0 spiro atoms. The Kier molecular flexibility index (Phi) is 8.70. The Hall–Kier alpha value is -4.67. The summed E-state index contributed by atoms with van der Waals surface area (Å²) in [6.07, 6.45) is -1.35. The van der Waals surface area contributed by atoms with Gasteiger partial charge in [-0.3, -0.25) is 4.79 Å². The zero-order valence-corrected chi connectivity index (χ0v) is 26.3. The molecule has 0 radical (unpaired) electrons. The molecule has 2 atom stereocenters. The van der Waals surface area contributed by atoms with Crippen molar-refractivity contribution >= 4 is 33.6 Å². The van der Waals surface area contributed by atoms with Gasteiger partial charge in [-0.1, -0.05) is 43.2 Å². The number of hydrogen-bond acceptors (Lipinski definition) is 5. The number of piperidine rings is 1. The molecule has 7 nitrogen and oxygen atoms in total. The summed E-state index contributed by atoms with van der Waals surface area (Å²) in [4.78, 5) is 23.7. The highest BCUT2D eigenvalue weighted by atomic mass is 19.4. The highest BCUT2D eigenvalue weighted by molar-refractivity contribution is 5.79. The van der Waals surface area contributed by atoms with Crippen LogP contribution in [0.15, 0.2) is 72.8 Å². The summed E-state index contributed by atoms with van der Waals surface area (Å²) < 4.78 is 63.2. The number of carbonyl (C=O) groups is 1. The molecule has 5 aromatic rings. The van der Waals surface area contributed by atoms with Crippen molar-refractivity contribution in [3.8, 4) is 5.75 Å². The van der Waals surface area contributed by atoms with Crippen molar-refractivity contribution in [2.75, 3.05) is 18.0 Å². The van der Waals surface area contributed by atoms with Gasteiger partial charge in [0, 0.05) is 41.7 Å². The van der Waals surface area contributed by atoms with Gasteiger partial charge in [-0.25, -0.2) is 14.4 Å². The highest BCUT2D eigenvalue weighted by Crippen LogP contribution is 2.40. The van der Waals surface area contributed by atoms with Gasteiger partial charge in [-0.2, -0.15) is 13.2 Å². The van der Waals surface area contributed by atoms with E-state index in [9.17, 15) is 23.1 Å². The summed E-state index contributed by atoms with van der Waals surface area (Å²) in [5.74, 6) is -2.43. The van der Waals surface area contributed by atoms with Crippen LogP contribution in [0.25, 0.3) is 21.9 Å². The molecular weight excluding hydrogens is 624 g/mol. The fourth-order valence-corrected chi connectivity index (χ4v) is 7.25. The second-order valence-corrected chi connectivity index (χ2v) is 12.9. The van der Waals surface area contributed by atoms with Crippen LogP contribution in [0.2, 0.25) is 0 Å². The van der Waals surface area contributed by atoms with Crippen molar-refractivity contribution in [3.63, 3.8) is 0 Å². The smallest absolute Gasteiger partial charge is 0.391 e. The Bertz CT molecular complexity index is 1950. The van der Waals surface area contributed by atoms with Gasteiger partial charge in [-0.15, -0.1) is 0 Å². The van der Waals surface area contributed by atoms with Gasteiger partial charge in [0.1, 0.15) is 24.0 Å². The summed E-state index contributed by atoms with van der Waals surface area (Å²) in [5.41, 5.74) is 3.93. The number of fused-ring (bicyclic) bond motifs is 2. The summed E-state index contributed by atoms with van der Waals surface area (Å²) >= 11 is 0. The lowest BCUT2D eigenvalue weighted by Crippen LogP contribution is -2.39. The molecule has 1 N–H and O–H groups in total. The number of aromatic nitrogens is 3. The van der Waals surface area contributed by atoms with Gasteiger partial charge < -0.3 is 19.3 Å². The number of hydrogen-bond donors (Lipinski definition) is 1.